The summed E-state index contributed by atoms with van der Waals surface area (Å²) in [5.74, 6) is 0.103. The molecule has 1 aromatic heterocycles. The summed E-state index contributed by atoms with van der Waals surface area (Å²) in [6.07, 6.45) is 3.80. The molecule has 2 N–H and O–H groups in total. The van der Waals surface area contributed by atoms with Crippen LogP contribution in [-0.2, 0) is 11.3 Å². The lowest BCUT2D eigenvalue weighted by atomic mass is 10.0. The molecule has 0 aromatic carbocycles. The average molecular weight is 281 g/mol. The number of carbonyl (C=O) groups is 1. The van der Waals surface area contributed by atoms with E-state index in [1.165, 1.54) is 24.1 Å². The molecule has 1 aliphatic rings. The van der Waals surface area contributed by atoms with Crippen molar-refractivity contribution in [2.24, 2.45) is 0 Å². The van der Waals surface area contributed by atoms with Crippen LogP contribution in [-0.4, -0.2) is 43.5 Å². The SMILES string of the molecule is CN(CC(=O)NCc1cccs1)CC1CCCCN1. The van der Waals surface area contributed by atoms with E-state index in [-0.39, 0.29) is 5.91 Å². The maximum absolute atomic E-state index is 11.8. The summed E-state index contributed by atoms with van der Waals surface area (Å²) >= 11 is 1.67. The Morgan fingerprint density at radius 2 is 2.47 bits per heavy atom. The van der Waals surface area contributed by atoms with Crippen LogP contribution >= 0.6 is 11.3 Å². The summed E-state index contributed by atoms with van der Waals surface area (Å²) in [6, 6.07) is 4.59. The zero-order valence-corrected chi connectivity index (χ0v) is 12.3. The summed E-state index contributed by atoms with van der Waals surface area (Å²) in [4.78, 5) is 15.1. The van der Waals surface area contributed by atoms with Crippen molar-refractivity contribution < 1.29 is 4.79 Å². The standard InChI is InChI=1S/C14H23N3OS/c1-17(10-12-5-2-3-7-15-12)11-14(18)16-9-13-6-4-8-19-13/h4,6,8,12,15H,2-3,5,7,9-11H2,1H3,(H,16,18). The van der Waals surface area contributed by atoms with E-state index in [1.807, 2.05) is 24.6 Å². The van der Waals surface area contributed by atoms with Crippen LogP contribution in [0.25, 0.3) is 0 Å². The molecule has 1 unspecified atom stereocenters. The lowest BCUT2D eigenvalue weighted by Crippen LogP contribution is -2.45. The number of likely N-dealkylation sites (N-methyl/N-ethyl adjacent to an activating group) is 1. The second-order valence-corrected chi connectivity index (χ2v) is 6.23. The van der Waals surface area contributed by atoms with Gasteiger partial charge in [0.05, 0.1) is 13.1 Å². The van der Waals surface area contributed by atoms with Crippen molar-refractivity contribution in [3.05, 3.63) is 22.4 Å². The molecule has 1 amide bonds. The Labute approximate surface area is 119 Å². The third-order valence-electron chi connectivity index (χ3n) is 3.40. The van der Waals surface area contributed by atoms with Gasteiger partial charge in [-0.25, -0.2) is 0 Å². The third kappa shape index (κ3) is 5.30. The zero-order chi connectivity index (χ0) is 13.5. The lowest BCUT2D eigenvalue weighted by Gasteiger charge is -2.27. The van der Waals surface area contributed by atoms with Gasteiger partial charge in [-0.15, -0.1) is 11.3 Å². The van der Waals surface area contributed by atoms with Crippen LogP contribution in [0.2, 0.25) is 0 Å². The number of thiophene rings is 1. The van der Waals surface area contributed by atoms with Crippen molar-refractivity contribution in [3.63, 3.8) is 0 Å². The smallest absolute Gasteiger partial charge is 0.234 e. The van der Waals surface area contributed by atoms with Crippen LogP contribution in [0, 0.1) is 0 Å². The van der Waals surface area contributed by atoms with Gasteiger partial charge >= 0.3 is 0 Å². The Morgan fingerprint density at radius 1 is 1.58 bits per heavy atom. The molecular formula is C14H23N3OS. The molecule has 1 saturated heterocycles. The normalized spacial score (nSPS) is 19.6. The highest BCUT2D eigenvalue weighted by Gasteiger charge is 2.15. The number of amides is 1. The van der Waals surface area contributed by atoms with Crippen LogP contribution in [0.5, 0.6) is 0 Å². The summed E-state index contributed by atoms with van der Waals surface area (Å²) < 4.78 is 0. The average Bonchev–Trinajstić information content (AvgIpc) is 2.90. The molecule has 0 aliphatic carbocycles. The molecule has 0 bridgehead atoms. The molecule has 1 fully saturated rings. The fourth-order valence-electron chi connectivity index (χ4n) is 2.42. The first-order valence-electron chi connectivity index (χ1n) is 6.95. The number of rotatable bonds is 6. The summed E-state index contributed by atoms with van der Waals surface area (Å²) in [7, 11) is 2.01. The Bertz CT molecular complexity index is 374. The van der Waals surface area contributed by atoms with E-state index in [1.54, 1.807) is 11.3 Å². The molecule has 1 aliphatic heterocycles. The van der Waals surface area contributed by atoms with Crippen molar-refractivity contribution in [1.82, 2.24) is 15.5 Å². The summed E-state index contributed by atoms with van der Waals surface area (Å²) in [5, 5.41) is 8.50. The minimum atomic E-state index is 0.103. The maximum Gasteiger partial charge on any atom is 0.234 e. The molecule has 19 heavy (non-hydrogen) atoms. The number of piperidine rings is 1. The topological polar surface area (TPSA) is 44.4 Å². The highest BCUT2D eigenvalue weighted by Crippen LogP contribution is 2.08. The monoisotopic (exact) mass is 281 g/mol. The van der Waals surface area contributed by atoms with Gasteiger partial charge in [0.2, 0.25) is 5.91 Å². The Hall–Kier alpha value is -0.910. The van der Waals surface area contributed by atoms with Gasteiger partial charge < -0.3 is 10.6 Å². The van der Waals surface area contributed by atoms with Crippen LogP contribution in [0.4, 0.5) is 0 Å². The first kappa shape index (κ1) is 14.5. The molecular weight excluding hydrogens is 258 g/mol. The van der Waals surface area contributed by atoms with Gasteiger partial charge in [-0.05, 0) is 37.9 Å². The summed E-state index contributed by atoms with van der Waals surface area (Å²) in [5.41, 5.74) is 0. The minimum absolute atomic E-state index is 0.103. The van der Waals surface area contributed by atoms with Gasteiger partial charge in [0.1, 0.15) is 0 Å². The predicted molar refractivity (Wildman–Crippen MR) is 79.3 cm³/mol. The van der Waals surface area contributed by atoms with Gasteiger partial charge in [-0.2, -0.15) is 0 Å². The zero-order valence-electron chi connectivity index (χ0n) is 11.5. The third-order valence-corrected chi connectivity index (χ3v) is 4.27. The van der Waals surface area contributed by atoms with Crippen LogP contribution in [0.1, 0.15) is 24.1 Å². The van der Waals surface area contributed by atoms with Crippen LogP contribution in [0.3, 0.4) is 0 Å². The number of nitrogens with zero attached hydrogens (tertiary/aromatic N) is 1. The van der Waals surface area contributed by atoms with E-state index in [0.29, 0.717) is 19.1 Å². The number of carbonyl (C=O) groups excluding carboxylic acids is 1. The lowest BCUT2D eigenvalue weighted by molar-refractivity contribution is -0.122. The van der Waals surface area contributed by atoms with Crippen molar-refractivity contribution in [2.75, 3.05) is 26.7 Å². The van der Waals surface area contributed by atoms with E-state index in [4.69, 9.17) is 0 Å². The molecule has 5 heteroatoms. The first-order valence-corrected chi connectivity index (χ1v) is 7.83. The van der Waals surface area contributed by atoms with E-state index in [0.717, 1.165) is 13.1 Å². The Morgan fingerprint density at radius 3 is 3.16 bits per heavy atom. The Kier molecular flexibility index (Phi) is 5.82. The fourth-order valence-corrected chi connectivity index (χ4v) is 3.07. The quantitative estimate of drug-likeness (QED) is 0.829. The number of nitrogens with one attached hydrogen (secondary N) is 2. The van der Waals surface area contributed by atoms with E-state index >= 15 is 0 Å². The van der Waals surface area contributed by atoms with Crippen LogP contribution in [0.15, 0.2) is 17.5 Å². The van der Waals surface area contributed by atoms with Crippen molar-refractivity contribution >= 4 is 17.2 Å². The first-order chi connectivity index (χ1) is 9.24. The van der Waals surface area contributed by atoms with Crippen LogP contribution < -0.4 is 10.6 Å². The van der Waals surface area contributed by atoms with Gasteiger partial charge in [0.15, 0.2) is 0 Å². The van der Waals surface area contributed by atoms with E-state index in [2.05, 4.69) is 15.5 Å². The number of hydrogen-bond acceptors (Lipinski definition) is 4. The molecule has 0 saturated carbocycles. The molecule has 2 rings (SSSR count). The summed E-state index contributed by atoms with van der Waals surface area (Å²) in [6.45, 7) is 3.19. The molecule has 1 atom stereocenters. The largest absolute Gasteiger partial charge is 0.350 e. The number of hydrogen-bond donors (Lipinski definition) is 2. The van der Waals surface area contributed by atoms with Crippen molar-refractivity contribution in [3.8, 4) is 0 Å². The van der Waals surface area contributed by atoms with E-state index in [9.17, 15) is 4.79 Å². The second kappa shape index (κ2) is 7.62. The molecule has 4 nitrogen and oxygen atoms in total. The van der Waals surface area contributed by atoms with Gasteiger partial charge in [-0.1, -0.05) is 12.5 Å². The Balaban J connectivity index is 1.63. The highest BCUT2D eigenvalue weighted by molar-refractivity contribution is 7.09. The van der Waals surface area contributed by atoms with Gasteiger partial charge in [-0.3, -0.25) is 9.69 Å². The second-order valence-electron chi connectivity index (χ2n) is 5.20. The molecule has 106 valence electrons. The molecule has 2 heterocycles. The van der Waals surface area contributed by atoms with Gasteiger partial charge in [0.25, 0.3) is 0 Å². The van der Waals surface area contributed by atoms with Gasteiger partial charge in [0, 0.05) is 17.5 Å². The molecule has 0 radical (unpaired) electrons. The highest BCUT2D eigenvalue weighted by atomic mass is 32.1. The van der Waals surface area contributed by atoms with Crippen molar-refractivity contribution in [2.45, 2.75) is 31.8 Å². The minimum Gasteiger partial charge on any atom is -0.350 e. The van der Waals surface area contributed by atoms with Crippen molar-refractivity contribution in [1.29, 1.82) is 0 Å². The van der Waals surface area contributed by atoms with E-state index < -0.39 is 0 Å². The maximum atomic E-state index is 11.8. The molecule has 0 spiro atoms. The predicted octanol–water partition coefficient (Wildman–Crippen LogP) is 1.44. The molecule has 1 aromatic rings. The fraction of sp³-hybridized carbons (Fsp3) is 0.643.